The molecule has 1 aliphatic rings. The number of hydrogen-bond donors (Lipinski definition) is 0. The molecule has 130 valence electrons. The van der Waals surface area contributed by atoms with Crippen LogP contribution in [0.15, 0.2) is 41.2 Å². The summed E-state index contributed by atoms with van der Waals surface area (Å²) >= 11 is 0. The lowest BCUT2D eigenvalue weighted by atomic mass is 10.0. The molecule has 1 aliphatic heterocycles. The van der Waals surface area contributed by atoms with E-state index in [0.717, 1.165) is 42.9 Å². The number of para-hydroxylation sites is 1. The monoisotopic (exact) mass is 340 g/mol. The molecule has 0 saturated carbocycles. The van der Waals surface area contributed by atoms with E-state index in [2.05, 4.69) is 15.2 Å². The van der Waals surface area contributed by atoms with Crippen LogP contribution in [-0.2, 0) is 6.54 Å². The smallest absolute Gasteiger partial charge is 0.148 e. The molecule has 5 nitrogen and oxygen atoms in total. The summed E-state index contributed by atoms with van der Waals surface area (Å²) in [5.41, 5.74) is 3.72. The van der Waals surface area contributed by atoms with E-state index in [0.29, 0.717) is 11.7 Å². The van der Waals surface area contributed by atoms with Gasteiger partial charge >= 0.3 is 0 Å². The Balaban J connectivity index is 1.55. The van der Waals surface area contributed by atoms with Gasteiger partial charge in [-0.25, -0.2) is 9.07 Å². The molecule has 25 heavy (non-hydrogen) atoms. The Bertz CT molecular complexity index is 866. The highest BCUT2D eigenvalue weighted by atomic mass is 19.1. The first-order chi connectivity index (χ1) is 12.1. The second-order valence-electron chi connectivity index (χ2n) is 6.61. The normalized spacial score (nSPS) is 18.1. The summed E-state index contributed by atoms with van der Waals surface area (Å²) in [5.74, 6) is 0.628. The topological polar surface area (TPSA) is 47.1 Å². The fourth-order valence-corrected chi connectivity index (χ4v) is 3.75. The summed E-state index contributed by atoms with van der Waals surface area (Å²) in [4.78, 5) is 2.43. The van der Waals surface area contributed by atoms with Gasteiger partial charge in [0.15, 0.2) is 0 Å². The fourth-order valence-electron chi connectivity index (χ4n) is 3.75. The van der Waals surface area contributed by atoms with Crippen LogP contribution in [0.25, 0.3) is 5.69 Å². The molecule has 3 heterocycles. The third-order valence-electron chi connectivity index (χ3n) is 4.91. The molecule has 6 heteroatoms. The van der Waals surface area contributed by atoms with Crippen LogP contribution >= 0.6 is 0 Å². The van der Waals surface area contributed by atoms with Crippen LogP contribution in [0.4, 0.5) is 4.39 Å². The van der Waals surface area contributed by atoms with Gasteiger partial charge < -0.3 is 4.52 Å². The van der Waals surface area contributed by atoms with Gasteiger partial charge in [-0.3, -0.25) is 4.90 Å². The number of aryl methyl sites for hydroxylation is 2. The van der Waals surface area contributed by atoms with Crippen molar-refractivity contribution in [1.29, 1.82) is 0 Å². The lowest BCUT2D eigenvalue weighted by Crippen LogP contribution is -2.23. The third kappa shape index (κ3) is 2.98. The van der Waals surface area contributed by atoms with Crippen LogP contribution in [-0.4, -0.2) is 26.4 Å². The Morgan fingerprint density at radius 3 is 2.88 bits per heavy atom. The molecule has 3 aromatic rings. The maximum atomic E-state index is 13.9. The Kier molecular flexibility index (Phi) is 4.13. The van der Waals surface area contributed by atoms with Crippen molar-refractivity contribution in [2.45, 2.75) is 39.3 Å². The van der Waals surface area contributed by atoms with E-state index in [1.54, 1.807) is 16.8 Å². The highest BCUT2D eigenvalue weighted by Gasteiger charge is 2.30. The Morgan fingerprint density at radius 1 is 1.28 bits per heavy atom. The van der Waals surface area contributed by atoms with Gasteiger partial charge in [-0.2, -0.15) is 5.10 Å². The zero-order valence-electron chi connectivity index (χ0n) is 14.4. The largest absolute Gasteiger partial charge is 0.361 e. The van der Waals surface area contributed by atoms with Gasteiger partial charge in [-0.1, -0.05) is 17.3 Å². The highest BCUT2D eigenvalue weighted by Crippen LogP contribution is 2.36. The second kappa shape index (κ2) is 6.44. The van der Waals surface area contributed by atoms with Crippen molar-refractivity contribution >= 4 is 0 Å². The van der Waals surface area contributed by atoms with E-state index in [9.17, 15) is 4.39 Å². The molecule has 1 atom stereocenters. The molecular formula is C19H21FN4O. The zero-order chi connectivity index (χ0) is 17.4. The van der Waals surface area contributed by atoms with Crippen LogP contribution in [0.1, 0.15) is 41.5 Å². The molecule has 4 rings (SSSR count). The molecule has 0 spiro atoms. The van der Waals surface area contributed by atoms with Gasteiger partial charge in [0.05, 0.1) is 11.9 Å². The number of hydrogen-bond acceptors (Lipinski definition) is 4. The van der Waals surface area contributed by atoms with Crippen LogP contribution in [0.2, 0.25) is 0 Å². The summed E-state index contributed by atoms with van der Waals surface area (Å²) in [5, 5.41) is 8.43. The van der Waals surface area contributed by atoms with E-state index < -0.39 is 0 Å². The molecule has 2 aromatic heterocycles. The number of likely N-dealkylation sites (tertiary alicyclic amines) is 1. The molecule has 0 N–H and O–H groups in total. The Labute approximate surface area is 146 Å². The molecule has 1 aromatic carbocycles. The quantitative estimate of drug-likeness (QED) is 0.721. The SMILES string of the molecule is Cc1noc(C)c1[C@H]1CCCN1Cc1cnn(-c2ccccc2F)c1. The van der Waals surface area contributed by atoms with Crippen molar-refractivity contribution in [3.8, 4) is 5.69 Å². The van der Waals surface area contributed by atoms with E-state index in [-0.39, 0.29) is 5.82 Å². The van der Waals surface area contributed by atoms with Gasteiger partial charge in [0, 0.05) is 29.9 Å². The number of benzene rings is 1. The van der Waals surface area contributed by atoms with Crippen molar-refractivity contribution in [3.05, 3.63) is 65.1 Å². The Hall–Kier alpha value is -2.47. The van der Waals surface area contributed by atoms with Crippen molar-refractivity contribution in [2.24, 2.45) is 0 Å². The molecule has 0 bridgehead atoms. The van der Waals surface area contributed by atoms with Gasteiger partial charge in [0.2, 0.25) is 0 Å². The number of nitrogens with zero attached hydrogens (tertiary/aromatic N) is 4. The first-order valence-electron chi connectivity index (χ1n) is 8.59. The van der Waals surface area contributed by atoms with Gasteiger partial charge in [-0.15, -0.1) is 0 Å². The molecule has 1 fully saturated rings. The molecular weight excluding hydrogens is 319 g/mol. The summed E-state index contributed by atoms with van der Waals surface area (Å²) in [7, 11) is 0. The first-order valence-corrected chi connectivity index (χ1v) is 8.59. The fraction of sp³-hybridized carbons (Fsp3) is 0.368. The first kappa shape index (κ1) is 16.0. The maximum Gasteiger partial charge on any atom is 0.148 e. The van der Waals surface area contributed by atoms with Crippen molar-refractivity contribution in [1.82, 2.24) is 19.8 Å². The highest BCUT2D eigenvalue weighted by molar-refractivity contribution is 5.33. The zero-order valence-corrected chi connectivity index (χ0v) is 14.4. The Morgan fingerprint density at radius 2 is 2.12 bits per heavy atom. The van der Waals surface area contributed by atoms with Crippen LogP contribution in [0.5, 0.6) is 0 Å². The van der Waals surface area contributed by atoms with E-state index in [1.165, 1.54) is 11.6 Å². The van der Waals surface area contributed by atoms with E-state index >= 15 is 0 Å². The predicted molar refractivity (Wildman–Crippen MR) is 91.9 cm³/mol. The van der Waals surface area contributed by atoms with E-state index in [1.807, 2.05) is 32.3 Å². The summed E-state index contributed by atoms with van der Waals surface area (Å²) in [6.45, 7) is 5.78. The third-order valence-corrected chi connectivity index (χ3v) is 4.91. The predicted octanol–water partition coefficient (Wildman–Crippen LogP) is 3.95. The molecule has 0 unspecified atom stereocenters. The minimum absolute atomic E-state index is 0.271. The standard InChI is InChI=1S/C19H21FN4O/c1-13-19(14(2)25-22-13)18-8-5-9-23(18)11-15-10-21-24(12-15)17-7-4-3-6-16(17)20/h3-4,6-7,10,12,18H,5,8-9,11H2,1-2H3/t18-/m1/s1. The van der Waals surface area contributed by atoms with Crippen LogP contribution < -0.4 is 0 Å². The number of aromatic nitrogens is 3. The van der Waals surface area contributed by atoms with Crippen molar-refractivity contribution in [3.63, 3.8) is 0 Å². The molecule has 1 saturated heterocycles. The minimum atomic E-state index is -0.271. The van der Waals surface area contributed by atoms with Gasteiger partial charge in [0.1, 0.15) is 17.3 Å². The molecule has 0 aliphatic carbocycles. The second-order valence-corrected chi connectivity index (χ2v) is 6.61. The van der Waals surface area contributed by atoms with Crippen LogP contribution in [0, 0.1) is 19.7 Å². The summed E-state index contributed by atoms with van der Waals surface area (Å²) < 4.78 is 20.9. The number of rotatable bonds is 4. The average Bonchev–Trinajstić information content (AvgIpc) is 3.30. The molecule has 0 amide bonds. The molecule has 0 radical (unpaired) electrons. The lowest BCUT2D eigenvalue weighted by molar-refractivity contribution is 0.245. The number of halogens is 1. The van der Waals surface area contributed by atoms with Crippen molar-refractivity contribution < 1.29 is 8.91 Å². The van der Waals surface area contributed by atoms with Gasteiger partial charge in [0.25, 0.3) is 0 Å². The van der Waals surface area contributed by atoms with Gasteiger partial charge in [-0.05, 0) is 45.4 Å². The minimum Gasteiger partial charge on any atom is -0.361 e. The van der Waals surface area contributed by atoms with Crippen molar-refractivity contribution in [2.75, 3.05) is 6.54 Å². The summed E-state index contributed by atoms with van der Waals surface area (Å²) in [6.07, 6.45) is 5.97. The summed E-state index contributed by atoms with van der Waals surface area (Å²) in [6, 6.07) is 7.00. The maximum absolute atomic E-state index is 13.9. The average molecular weight is 340 g/mol. The van der Waals surface area contributed by atoms with Crippen LogP contribution in [0.3, 0.4) is 0 Å². The lowest BCUT2D eigenvalue weighted by Gasteiger charge is -2.23. The van der Waals surface area contributed by atoms with E-state index in [4.69, 9.17) is 4.52 Å².